The third-order valence-corrected chi connectivity index (χ3v) is 4.26. The SMILES string of the molecule is CCCC(C)NC1CCCc2sccc21. The van der Waals surface area contributed by atoms with Gasteiger partial charge in [0.25, 0.3) is 0 Å². The molecule has 84 valence electrons. The van der Waals surface area contributed by atoms with Crippen LogP contribution in [0.5, 0.6) is 0 Å². The monoisotopic (exact) mass is 223 g/mol. The first-order valence-electron chi connectivity index (χ1n) is 6.13. The molecular formula is C13H21NS. The second kappa shape index (κ2) is 5.13. The smallest absolute Gasteiger partial charge is 0.0333 e. The zero-order valence-electron chi connectivity index (χ0n) is 9.75. The second-order valence-electron chi connectivity index (χ2n) is 4.60. The summed E-state index contributed by atoms with van der Waals surface area (Å²) >= 11 is 1.93. The molecule has 2 rings (SSSR count). The van der Waals surface area contributed by atoms with Gasteiger partial charge in [0.05, 0.1) is 0 Å². The molecule has 2 atom stereocenters. The number of hydrogen-bond acceptors (Lipinski definition) is 2. The zero-order chi connectivity index (χ0) is 10.7. The van der Waals surface area contributed by atoms with E-state index in [9.17, 15) is 0 Å². The Balaban J connectivity index is 2.00. The van der Waals surface area contributed by atoms with Crippen molar-refractivity contribution in [1.82, 2.24) is 5.32 Å². The van der Waals surface area contributed by atoms with Crippen LogP contribution in [0.2, 0.25) is 0 Å². The number of thiophene rings is 1. The molecule has 1 N–H and O–H groups in total. The van der Waals surface area contributed by atoms with Gasteiger partial charge in [0.2, 0.25) is 0 Å². The predicted molar refractivity (Wildman–Crippen MR) is 67.5 cm³/mol. The third kappa shape index (κ3) is 2.61. The van der Waals surface area contributed by atoms with E-state index in [-0.39, 0.29) is 0 Å². The van der Waals surface area contributed by atoms with Gasteiger partial charge in [-0.05, 0) is 49.6 Å². The molecule has 1 aromatic rings. The Kier molecular flexibility index (Phi) is 3.81. The van der Waals surface area contributed by atoms with E-state index in [0.717, 1.165) is 0 Å². The first-order valence-corrected chi connectivity index (χ1v) is 7.01. The van der Waals surface area contributed by atoms with E-state index in [1.165, 1.54) is 32.1 Å². The largest absolute Gasteiger partial charge is 0.307 e. The Morgan fingerprint density at radius 1 is 1.60 bits per heavy atom. The van der Waals surface area contributed by atoms with Gasteiger partial charge in [-0.15, -0.1) is 11.3 Å². The summed E-state index contributed by atoms with van der Waals surface area (Å²) in [5.41, 5.74) is 1.58. The van der Waals surface area contributed by atoms with Gasteiger partial charge < -0.3 is 5.32 Å². The molecule has 2 unspecified atom stereocenters. The standard InChI is InChI=1S/C13H21NS/c1-3-5-10(2)14-12-6-4-7-13-11(12)8-9-15-13/h8-10,12,14H,3-7H2,1-2H3. The number of nitrogens with one attached hydrogen (secondary N) is 1. The summed E-state index contributed by atoms with van der Waals surface area (Å²) in [6.45, 7) is 4.57. The van der Waals surface area contributed by atoms with Gasteiger partial charge in [-0.2, -0.15) is 0 Å². The topological polar surface area (TPSA) is 12.0 Å². The zero-order valence-corrected chi connectivity index (χ0v) is 10.6. The summed E-state index contributed by atoms with van der Waals surface area (Å²) in [5, 5.41) is 6.01. The minimum atomic E-state index is 0.626. The van der Waals surface area contributed by atoms with E-state index in [1.807, 2.05) is 11.3 Å². The fraction of sp³-hybridized carbons (Fsp3) is 0.692. The summed E-state index contributed by atoms with van der Waals surface area (Å²) in [6, 6.07) is 3.60. The molecule has 2 heteroatoms. The fourth-order valence-electron chi connectivity index (χ4n) is 2.52. The molecule has 0 fully saturated rings. The first kappa shape index (κ1) is 11.2. The number of aryl methyl sites for hydroxylation is 1. The maximum absolute atomic E-state index is 3.77. The molecule has 0 bridgehead atoms. The normalized spacial score (nSPS) is 22.4. The van der Waals surface area contributed by atoms with Gasteiger partial charge in [-0.3, -0.25) is 0 Å². The molecule has 1 aliphatic carbocycles. The van der Waals surface area contributed by atoms with Crippen LogP contribution in [0, 0.1) is 0 Å². The van der Waals surface area contributed by atoms with Gasteiger partial charge in [-0.1, -0.05) is 13.3 Å². The quantitative estimate of drug-likeness (QED) is 0.816. The molecule has 0 amide bonds. The second-order valence-corrected chi connectivity index (χ2v) is 5.60. The van der Waals surface area contributed by atoms with Gasteiger partial charge in [0.1, 0.15) is 0 Å². The molecule has 1 nitrogen and oxygen atoms in total. The molecule has 15 heavy (non-hydrogen) atoms. The van der Waals surface area contributed by atoms with Crippen LogP contribution in [0.3, 0.4) is 0 Å². The lowest BCUT2D eigenvalue weighted by Crippen LogP contribution is -2.32. The Morgan fingerprint density at radius 2 is 2.47 bits per heavy atom. The fourth-order valence-corrected chi connectivity index (χ4v) is 3.51. The third-order valence-electron chi connectivity index (χ3n) is 3.26. The van der Waals surface area contributed by atoms with Crippen LogP contribution in [0.15, 0.2) is 11.4 Å². The highest BCUT2D eigenvalue weighted by Gasteiger charge is 2.21. The Hall–Kier alpha value is -0.340. The number of rotatable bonds is 4. The van der Waals surface area contributed by atoms with E-state index in [2.05, 4.69) is 30.6 Å². The molecule has 0 aromatic carbocycles. The summed E-state index contributed by atoms with van der Waals surface area (Å²) in [7, 11) is 0. The average Bonchev–Trinajstić information content (AvgIpc) is 2.67. The van der Waals surface area contributed by atoms with Crippen molar-refractivity contribution in [2.75, 3.05) is 0 Å². The van der Waals surface area contributed by atoms with Crippen LogP contribution >= 0.6 is 11.3 Å². The van der Waals surface area contributed by atoms with Crippen molar-refractivity contribution in [3.63, 3.8) is 0 Å². The maximum Gasteiger partial charge on any atom is 0.0333 e. The lowest BCUT2D eigenvalue weighted by Gasteiger charge is -2.27. The number of hydrogen-bond donors (Lipinski definition) is 1. The van der Waals surface area contributed by atoms with Gasteiger partial charge >= 0.3 is 0 Å². The van der Waals surface area contributed by atoms with Crippen LogP contribution in [0.4, 0.5) is 0 Å². The molecular weight excluding hydrogens is 202 g/mol. The molecule has 0 spiro atoms. The molecule has 1 heterocycles. The highest BCUT2D eigenvalue weighted by Crippen LogP contribution is 2.33. The highest BCUT2D eigenvalue weighted by molar-refractivity contribution is 7.10. The molecule has 0 aliphatic heterocycles. The Labute approximate surface area is 96.9 Å². The minimum Gasteiger partial charge on any atom is -0.307 e. The number of fused-ring (bicyclic) bond motifs is 1. The van der Waals surface area contributed by atoms with Crippen molar-refractivity contribution in [3.05, 3.63) is 21.9 Å². The summed E-state index contributed by atoms with van der Waals surface area (Å²) < 4.78 is 0. The van der Waals surface area contributed by atoms with Gasteiger partial charge in [-0.25, -0.2) is 0 Å². The van der Waals surface area contributed by atoms with E-state index in [4.69, 9.17) is 0 Å². The van der Waals surface area contributed by atoms with Crippen molar-refractivity contribution in [2.24, 2.45) is 0 Å². The lowest BCUT2D eigenvalue weighted by molar-refractivity contribution is 0.396. The van der Waals surface area contributed by atoms with Crippen LogP contribution in [0.25, 0.3) is 0 Å². The van der Waals surface area contributed by atoms with Crippen LogP contribution < -0.4 is 5.32 Å². The lowest BCUT2D eigenvalue weighted by atomic mass is 9.93. The van der Waals surface area contributed by atoms with Gasteiger partial charge in [0.15, 0.2) is 0 Å². The Bertz CT molecular complexity index is 305. The van der Waals surface area contributed by atoms with Crippen molar-refractivity contribution >= 4 is 11.3 Å². The van der Waals surface area contributed by atoms with Crippen LogP contribution in [0.1, 0.15) is 56.0 Å². The highest BCUT2D eigenvalue weighted by atomic mass is 32.1. The van der Waals surface area contributed by atoms with E-state index in [0.29, 0.717) is 12.1 Å². The van der Waals surface area contributed by atoms with Crippen molar-refractivity contribution in [1.29, 1.82) is 0 Å². The van der Waals surface area contributed by atoms with Crippen LogP contribution in [-0.4, -0.2) is 6.04 Å². The molecule has 1 aliphatic rings. The summed E-state index contributed by atoms with van der Waals surface area (Å²) in [4.78, 5) is 1.61. The van der Waals surface area contributed by atoms with Crippen molar-refractivity contribution in [3.8, 4) is 0 Å². The van der Waals surface area contributed by atoms with Crippen LogP contribution in [-0.2, 0) is 6.42 Å². The molecule has 0 saturated heterocycles. The van der Waals surface area contributed by atoms with E-state index < -0.39 is 0 Å². The predicted octanol–water partition coefficient (Wildman–Crippen LogP) is 3.90. The van der Waals surface area contributed by atoms with Crippen molar-refractivity contribution in [2.45, 2.75) is 58.0 Å². The summed E-state index contributed by atoms with van der Waals surface area (Å²) in [6.07, 6.45) is 6.53. The van der Waals surface area contributed by atoms with Crippen molar-refractivity contribution < 1.29 is 0 Å². The average molecular weight is 223 g/mol. The van der Waals surface area contributed by atoms with Gasteiger partial charge in [0, 0.05) is 17.0 Å². The molecule has 0 radical (unpaired) electrons. The van der Waals surface area contributed by atoms with E-state index in [1.54, 1.807) is 10.4 Å². The maximum atomic E-state index is 3.77. The Morgan fingerprint density at radius 3 is 3.27 bits per heavy atom. The first-order chi connectivity index (χ1) is 7.31. The molecule has 0 saturated carbocycles. The summed E-state index contributed by atoms with van der Waals surface area (Å²) in [5.74, 6) is 0. The molecule has 1 aromatic heterocycles. The minimum absolute atomic E-state index is 0.626. The van der Waals surface area contributed by atoms with E-state index >= 15 is 0 Å².